The number of carbonyl (C=O) groups excluding carboxylic acids is 1. The molecule has 1 unspecified atom stereocenters. The van der Waals surface area contributed by atoms with E-state index in [9.17, 15) is 22.2 Å². The highest BCUT2D eigenvalue weighted by Crippen LogP contribution is 2.46. The Balaban J connectivity index is 1.15. The topological polar surface area (TPSA) is 96.9 Å². The summed E-state index contributed by atoms with van der Waals surface area (Å²) in [6.07, 6.45) is -0.105. The number of aryl methyl sites for hydroxylation is 1. The lowest BCUT2D eigenvalue weighted by molar-refractivity contribution is -0.137. The molecule has 45 heavy (non-hydrogen) atoms. The summed E-state index contributed by atoms with van der Waals surface area (Å²) in [6.45, 7) is 6.24. The van der Waals surface area contributed by atoms with Gasteiger partial charge in [-0.1, -0.05) is 6.07 Å². The van der Waals surface area contributed by atoms with E-state index in [2.05, 4.69) is 32.3 Å². The SMILES string of the molecule is Cc1sc(-c2nc(Nc3cc4c(cc3C3CC3)CN(C3COC3)CC4)ncc2C(F)(F)F)cc1S(=O)CCN(C=O)C1COC1. The van der Waals surface area contributed by atoms with Gasteiger partial charge >= 0.3 is 6.18 Å². The normalized spacial score (nSPS) is 19.8. The van der Waals surface area contributed by atoms with Crippen LogP contribution in [0.5, 0.6) is 0 Å². The molecule has 14 heteroatoms. The fraction of sp³-hybridized carbons (Fsp3) is 0.516. The molecule has 1 atom stereocenters. The highest BCUT2D eigenvalue weighted by molar-refractivity contribution is 7.85. The van der Waals surface area contributed by atoms with Crippen molar-refractivity contribution in [3.8, 4) is 10.6 Å². The van der Waals surface area contributed by atoms with Crippen LogP contribution in [0.4, 0.5) is 24.8 Å². The number of thiophene rings is 1. The highest BCUT2D eigenvalue weighted by atomic mass is 32.2. The Hall–Kier alpha value is -2.91. The van der Waals surface area contributed by atoms with Crippen molar-refractivity contribution >= 4 is 40.2 Å². The van der Waals surface area contributed by atoms with E-state index < -0.39 is 22.5 Å². The number of ether oxygens (including phenoxy) is 2. The van der Waals surface area contributed by atoms with Crippen molar-refractivity contribution < 1.29 is 31.6 Å². The maximum Gasteiger partial charge on any atom is 0.420 e. The Bertz CT molecular complexity index is 1620. The van der Waals surface area contributed by atoms with Gasteiger partial charge in [-0.15, -0.1) is 11.3 Å². The van der Waals surface area contributed by atoms with Crippen molar-refractivity contribution in [3.63, 3.8) is 0 Å². The van der Waals surface area contributed by atoms with Crippen LogP contribution < -0.4 is 5.32 Å². The first-order valence-corrected chi connectivity index (χ1v) is 17.3. The number of anilines is 2. The molecule has 9 nitrogen and oxygen atoms in total. The fourth-order valence-electron chi connectivity index (χ4n) is 6.04. The third-order valence-corrected chi connectivity index (χ3v) is 11.7. The molecule has 5 heterocycles. The van der Waals surface area contributed by atoms with Crippen LogP contribution in [0.15, 0.2) is 29.3 Å². The molecule has 0 spiro atoms. The first-order chi connectivity index (χ1) is 21.7. The molecule has 2 aromatic heterocycles. The van der Waals surface area contributed by atoms with Crippen LogP contribution in [0.25, 0.3) is 10.6 Å². The monoisotopic (exact) mass is 661 g/mol. The number of hydrogen-bond acceptors (Lipinski definition) is 9. The molecular formula is C31H34F3N5O4S2. The van der Waals surface area contributed by atoms with Gasteiger partial charge in [-0.2, -0.15) is 13.2 Å². The molecule has 3 fully saturated rings. The Morgan fingerprint density at radius 2 is 1.93 bits per heavy atom. The number of alkyl halides is 3. The van der Waals surface area contributed by atoms with Crippen LogP contribution in [0.2, 0.25) is 0 Å². The number of nitrogens with one attached hydrogen (secondary N) is 1. The minimum atomic E-state index is -4.68. The van der Waals surface area contributed by atoms with Gasteiger partial charge in [0.1, 0.15) is 5.56 Å². The van der Waals surface area contributed by atoms with Gasteiger partial charge in [0.25, 0.3) is 0 Å². The van der Waals surface area contributed by atoms with Crippen LogP contribution in [0, 0.1) is 6.92 Å². The third kappa shape index (κ3) is 6.39. The number of fused-ring (bicyclic) bond motifs is 1. The van der Waals surface area contributed by atoms with Crippen LogP contribution in [-0.4, -0.2) is 87.7 Å². The molecule has 1 N–H and O–H groups in total. The number of amides is 1. The molecule has 1 aliphatic carbocycles. The standard InChI is InChI=1S/C31H34F3N5O4S2/c1-18-28(45(41)7-6-39(17-40)23-15-43-16-23)10-27(44-18)29-25(31(32,33)34)11-35-30(37-29)36-26-9-20-4-5-38(22-13-42-14-22)12-21(20)8-24(26)19-2-3-19/h8-11,17,19,22-23H,2-7,12-16H2,1H3,(H,35,36,37). The van der Waals surface area contributed by atoms with E-state index in [1.165, 1.54) is 17.2 Å². The first-order valence-electron chi connectivity index (χ1n) is 15.1. The highest BCUT2D eigenvalue weighted by Gasteiger charge is 2.37. The summed E-state index contributed by atoms with van der Waals surface area (Å²) >= 11 is 1.12. The first kappa shape index (κ1) is 30.7. The Kier molecular flexibility index (Phi) is 8.44. The van der Waals surface area contributed by atoms with E-state index in [4.69, 9.17) is 9.47 Å². The van der Waals surface area contributed by atoms with Gasteiger partial charge < -0.3 is 19.7 Å². The number of nitrogens with zero attached hydrogens (tertiary/aromatic N) is 4. The maximum absolute atomic E-state index is 14.2. The Morgan fingerprint density at radius 1 is 1.16 bits per heavy atom. The maximum atomic E-state index is 14.2. The number of rotatable bonds is 11. The van der Waals surface area contributed by atoms with Crippen molar-refractivity contribution in [2.45, 2.75) is 61.8 Å². The van der Waals surface area contributed by atoms with Crippen molar-refractivity contribution in [3.05, 3.63) is 51.5 Å². The summed E-state index contributed by atoms with van der Waals surface area (Å²) in [4.78, 5) is 25.3. The summed E-state index contributed by atoms with van der Waals surface area (Å²) in [5, 5.41) is 3.27. The van der Waals surface area contributed by atoms with Crippen LogP contribution in [-0.2, 0) is 44.2 Å². The minimum absolute atomic E-state index is 0.0346. The molecule has 3 aromatic rings. The smallest absolute Gasteiger partial charge is 0.378 e. The molecule has 1 saturated carbocycles. The zero-order valence-electron chi connectivity index (χ0n) is 24.8. The molecule has 0 radical (unpaired) electrons. The quantitative estimate of drug-likeness (QED) is 0.291. The summed E-state index contributed by atoms with van der Waals surface area (Å²) in [7, 11) is -1.52. The summed E-state index contributed by atoms with van der Waals surface area (Å²) in [5.41, 5.74) is 3.31. The Morgan fingerprint density at radius 3 is 2.58 bits per heavy atom. The van der Waals surface area contributed by atoms with Crippen molar-refractivity contribution in [2.75, 3.05) is 50.6 Å². The number of benzene rings is 1. The van der Waals surface area contributed by atoms with Crippen molar-refractivity contribution in [1.29, 1.82) is 0 Å². The van der Waals surface area contributed by atoms with Crippen molar-refractivity contribution in [2.24, 2.45) is 0 Å². The minimum Gasteiger partial charge on any atom is -0.378 e. The second-order valence-electron chi connectivity index (χ2n) is 12.1. The van der Waals surface area contributed by atoms with E-state index >= 15 is 0 Å². The van der Waals surface area contributed by atoms with E-state index in [1.807, 2.05) is 0 Å². The lowest BCUT2D eigenvalue weighted by Gasteiger charge is -2.40. The molecule has 7 rings (SSSR count). The van der Waals surface area contributed by atoms with Gasteiger partial charge in [-0.25, -0.2) is 9.97 Å². The summed E-state index contributed by atoms with van der Waals surface area (Å²) in [6, 6.07) is 6.33. The van der Waals surface area contributed by atoms with Crippen LogP contribution in [0.3, 0.4) is 0 Å². The zero-order valence-corrected chi connectivity index (χ0v) is 26.4. The van der Waals surface area contributed by atoms with Gasteiger partial charge in [0.05, 0.1) is 64.8 Å². The van der Waals surface area contributed by atoms with E-state index in [0.717, 1.165) is 80.8 Å². The van der Waals surface area contributed by atoms with Gasteiger partial charge in [-0.05, 0) is 60.9 Å². The molecule has 1 amide bonds. The van der Waals surface area contributed by atoms with Crippen molar-refractivity contribution in [1.82, 2.24) is 19.8 Å². The molecule has 2 saturated heterocycles. The largest absolute Gasteiger partial charge is 0.420 e. The lowest BCUT2D eigenvalue weighted by Crippen LogP contribution is -2.50. The van der Waals surface area contributed by atoms with Gasteiger partial charge in [0.2, 0.25) is 12.4 Å². The molecule has 0 bridgehead atoms. The summed E-state index contributed by atoms with van der Waals surface area (Å²) < 4.78 is 66.3. The third-order valence-electron chi connectivity index (χ3n) is 9.02. The molecule has 4 aliphatic rings. The van der Waals surface area contributed by atoms with Gasteiger partial charge in [0.15, 0.2) is 0 Å². The predicted molar refractivity (Wildman–Crippen MR) is 164 cm³/mol. The molecule has 3 aliphatic heterocycles. The van der Waals surface area contributed by atoms with Crippen LogP contribution in [0.1, 0.15) is 45.9 Å². The van der Waals surface area contributed by atoms with E-state index in [1.54, 1.807) is 11.8 Å². The zero-order chi connectivity index (χ0) is 31.3. The number of halogens is 3. The molecular weight excluding hydrogens is 628 g/mol. The predicted octanol–water partition coefficient (Wildman–Crippen LogP) is 4.88. The van der Waals surface area contributed by atoms with E-state index in [-0.39, 0.29) is 34.9 Å². The average molecular weight is 662 g/mol. The van der Waals surface area contributed by atoms with E-state index in [0.29, 0.717) is 34.9 Å². The fourth-order valence-corrected chi connectivity index (χ4v) is 8.60. The second kappa shape index (κ2) is 12.4. The second-order valence-corrected chi connectivity index (χ2v) is 14.9. The lowest BCUT2D eigenvalue weighted by atomic mass is 9.93. The Labute approximate surface area is 265 Å². The number of carbonyl (C=O) groups is 1. The average Bonchev–Trinajstić information content (AvgIpc) is 3.72. The van der Waals surface area contributed by atoms with Gasteiger partial charge in [-0.3, -0.25) is 13.9 Å². The summed E-state index contributed by atoms with van der Waals surface area (Å²) in [5.74, 6) is 0.657. The molecule has 1 aromatic carbocycles. The molecule has 240 valence electrons. The number of aromatic nitrogens is 2. The number of hydrogen-bond donors (Lipinski definition) is 1. The van der Waals surface area contributed by atoms with Gasteiger partial charge in [0, 0.05) is 42.1 Å². The van der Waals surface area contributed by atoms with Crippen LogP contribution >= 0.6 is 11.3 Å².